The molecule has 142 valence electrons. The second-order valence-electron chi connectivity index (χ2n) is 6.65. The molecule has 0 heterocycles. The Morgan fingerprint density at radius 2 is 1.64 bits per heavy atom. The van der Waals surface area contributed by atoms with Gasteiger partial charge in [0.2, 0.25) is 5.78 Å². The van der Waals surface area contributed by atoms with Crippen LogP contribution in [0, 0.1) is 13.8 Å². The molecule has 0 aromatic heterocycles. The van der Waals surface area contributed by atoms with Crippen LogP contribution in [0.3, 0.4) is 0 Å². The SMILES string of the molecule is Cc1cc(C)cc(/C=C(/SCc2ccc(Br)cc2)C(=O)c2ccccc2Cl)c1. The van der Waals surface area contributed by atoms with E-state index in [9.17, 15) is 4.79 Å². The molecule has 0 spiro atoms. The number of halogens is 2. The fourth-order valence-corrected chi connectivity index (χ4v) is 4.40. The van der Waals surface area contributed by atoms with Gasteiger partial charge >= 0.3 is 0 Å². The Bertz CT molecular complexity index is 1000. The van der Waals surface area contributed by atoms with Gasteiger partial charge in [-0.15, -0.1) is 11.8 Å². The number of ketones is 1. The van der Waals surface area contributed by atoms with E-state index in [2.05, 4.69) is 60.1 Å². The quantitative estimate of drug-likeness (QED) is 0.269. The van der Waals surface area contributed by atoms with Gasteiger partial charge in [-0.05, 0) is 55.3 Å². The predicted octanol–water partition coefficient (Wildman–Crippen LogP) is 7.88. The molecule has 28 heavy (non-hydrogen) atoms. The summed E-state index contributed by atoms with van der Waals surface area (Å²) in [6, 6.07) is 21.7. The largest absolute Gasteiger partial charge is 0.288 e. The fourth-order valence-electron chi connectivity index (χ4n) is 2.94. The minimum atomic E-state index is -0.0492. The average Bonchev–Trinajstić information content (AvgIpc) is 2.65. The summed E-state index contributed by atoms with van der Waals surface area (Å²) < 4.78 is 1.04. The summed E-state index contributed by atoms with van der Waals surface area (Å²) >= 11 is 11.3. The summed E-state index contributed by atoms with van der Waals surface area (Å²) in [5.41, 5.74) is 5.06. The van der Waals surface area contributed by atoms with Gasteiger partial charge in [-0.3, -0.25) is 4.79 Å². The molecule has 0 N–H and O–H groups in total. The minimum Gasteiger partial charge on any atom is -0.288 e. The molecule has 0 saturated heterocycles. The highest BCUT2D eigenvalue weighted by Crippen LogP contribution is 2.30. The zero-order valence-electron chi connectivity index (χ0n) is 15.7. The second kappa shape index (κ2) is 9.60. The molecule has 3 aromatic rings. The number of Topliss-reactive ketones (excluding diaryl/α,β-unsaturated/α-hetero) is 1. The summed E-state index contributed by atoms with van der Waals surface area (Å²) in [7, 11) is 0. The van der Waals surface area contributed by atoms with Gasteiger partial charge in [0, 0.05) is 15.8 Å². The molecule has 0 aliphatic rings. The van der Waals surface area contributed by atoms with Crippen LogP contribution in [0.5, 0.6) is 0 Å². The fraction of sp³-hybridized carbons (Fsp3) is 0.125. The van der Waals surface area contributed by atoms with Gasteiger partial charge < -0.3 is 0 Å². The molecular formula is C24H20BrClOS. The standard InChI is InChI=1S/C24H20BrClOS/c1-16-11-17(2)13-19(12-16)14-23(24(27)21-5-3-4-6-22(21)26)28-15-18-7-9-20(25)10-8-18/h3-14H,15H2,1-2H3/b23-14+. The zero-order valence-corrected chi connectivity index (χ0v) is 18.9. The van der Waals surface area contributed by atoms with Crippen molar-refractivity contribution in [3.05, 3.63) is 109 Å². The summed E-state index contributed by atoms with van der Waals surface area (Å²) in [4.78, 5) is 13.9. The number of carbonyl (C=O) groups is 1. The topological polar surface area (TPSA) is 17.1 Å². The van der Waals surface area contributed by atoms with Crippen LogP contribution in [0.1, 0.15) is 32.6 Å². The van der Waals surface area contributed by atoms with Crippen molar-refractivity contribution in [1.29, 1.82) is 0 Å². The van der Waals surface area contributed by atoms with Gasteiger partial charge in [0.25, 0.3) is 0 Å². The molecule has 0 aliphatic heterocycles. The average molecular weight is 472 g/mol. The maximum absolute atomic E-state index is 13.2. The molecule has 0 atom stereocenters. The Hall–Kier alpha value is -1.81. The van der Waals surface area contributed by atoms with E-state index in [1.807, 2.05) is 30.3 Å². The van der Waals surface area contributed by atoms with Crippen LogP contribution in [0.15, 0.2) is 76.1 Å². The van der Waals surface area contributed by atoms with E-state index in [4.69, 9.17) is 11.6 Å². The van der Waals surface area contributed by atoms with E-state index >= 15 is 0 Å². The highest BCUT2D eigenvalue weighted by molar-refractivity contribution is 9.10. The van der Waals surface area contributed by atoms with Gasteiger partial charge in [0.05, 0.1) is 9.93 Å². The van der Waals surface area contributed by atoms with E-state index in [-0.39, 0.29) is 5.78 Å². The molecule has 0 amide bonds. The third kappa shape index (κ3) is 5.60. The van der Waals surface area contributed by atoms with Crippen molar-refractivity contribution in [2.45, 2.75) is 19.6 Å². The van der Waals surface area contributed by atoms with Gasteiger partial charge in [0.15, 0.2) is 0 Å². The van der Waals surface area contributed by atoms with Gasteiger partial charge in [-0.25, -0.2) is 0 Å². The van der Waals surface area contributed by atoms with Gasteiger partial charge in [-0.1, -0.05) is 81.1 Å². The number of thioether (sulfide) groups is 1. The summed E-state index contributed by atoms with van der Waals surface area (Å²) in [5.74, 6) is 0.659. The van der Waals surface area contributed by atoms with Crippen LogP contribution < -0.4 is 0 Å². The van der Waals surface area contributed by atoms with Crippen LogP contribution in [-0.4, -0.2) is 5.78 Å². The lowest BCUT2D eigenvalue weighted by Crippen LogP contribution is -2.02. The molecule has 1 nitrogen and oxygen atoms in total. The monoisotopic (exact) mass is 470 g/mol. The Morgan fingerprint density at radius 3 is 2.29 bits per heavy atom. The van der Waals surface area contributed by atoms with Crippen molar-refractivity contribution in [3.63, 3.8) is 0 Å². The van der Waals surface area contributed by atoms with Crippen molar-refractivity contribution in [1.82, 2.24) is 0 Å². The Labute approximate surface area is 184 Å². The van der Waals surface area contributed by atoms with Crippen LogP contribution in [0.25, 0.3) is 6.08 Å². The number of aryl methyl sites for hydroxylation is 2. The second-order valence-corrected chi connectivity index (χ2v) is 8.99. The lowest BCUT2D eigenvalue weighted by molar-refractivity contribution is 0.104. The number of allylic oxidation sites excluding steroid dienone is 1. The van der Waals surface area contributed by atoms with Crippen molar-refractivity contribution in [2.24, 2.45) is 0 Å². The minimum absolute atomic E-state index is 0.0492. The molecule has 0 fully saturated rings. The molecule has 0 radical (unpaired) electrons. The van der Waals surface area contributed by atoms with Crippen LogP contribution >= 0.6 is 39.3 Å². The highest BCUT2D eigenvalue weighted by Gasteiger charge is 2.16. The van der Waals surface area contributed by atoms with Crippen LogP contribution in [0.4, 0.5) is 0 Å². The van der Waals surface area contributed by atoms with Crippen molar-refractivity contribution >= 4 is 51.2 Å². The molecule has 0 saturated carbocycles. The third-order valence-corrected chi connectivity index (χ3v) is 6.14. The van der Waals surface area contributed by atoms with Crippen LogP contribution in [-0.2, 0) is 5.75 Å². The van der Waals surface area contributed by atoms with E-state index in [1.54, 1.807) is 12.1 Å². The maximum Gasteiger partial charge on any atom is 0.200 e. The summed E-state index contributed by atoms with van der Waals surface area (Å²) in [5, 5.41) is 0.475. The number of rotatable bonds is 6. The first-order valence-corrected chi connectivity index (χ1v) is 11.0. The Kier molecular flexibility index (Phi) is 7.17. The lowest BCUT2D eigenvalue weighted by atomic mass is 10.1. The maximum atomic E-state index is 13.2. The lowest BCUT2D eigenvalue weighted by Gasteiger charge is -2.10. The van der Waals surface area contributed by atoms with E-state index in [0.717, 1.165) is 15.6 Å². The van der Waals surface area contributed by atoms with E-state index in [0.29, 0.717) is 21.2 Å². The summed E-state index contributed by atoms with van der Waals surface area (Å²) in [6.07, 6.45) is 1.97. The molecule has 4 heteroatoms. The number of hydrogen-bond acceptors (Lipinski definition) is 2. The first-order valence-electron chi connectivity index (χ1n) is 8.89. The number of hydrogen-bond donors (Lipinski definition) is 0. The first kappa shape index (κ1) is 20.9. The zero-order chi connectivity index (χ0) is 20.1. The third-order valence-electron chi connectivity index (χ3n) is 4.19. The molecule has 3 aromatic carbocycles. The smallest absolute Gasteiger partial charge is 0.200 e. The van der Waals surface area contributed by atoms with Crippen LogP contribution in [0.2, 0.25) is 5.02 Å². The molecule has 0 aliphatic carbocycles. The van der Waals surface area contributed by atoms with Crippen molar-refractivity contribution < 1.29 is 4.79 Å². The van der Waals surface area contributed by atoms with Gasteiger partial charge in [-0.2, -0.15) is 0 Å². The molecule has 0 unspecified atom stereocenters. The van der Waals surface area contributed by atoms with Crippen molar-refractivity contribution in [3.8, 4) is 0 Å². The summed E-state index contributed by atoms with van der Waals surface area (Å²) in [6.45, 7) is 4.13. The molecule has 3 rings (SSSR count). The molecular weight excluding hydrogens is 452 g/mol. The Morgan fingerprint density at radius 1 is 1.00 bits per heavy atom. The first-order chi connectivity index (χ1) is 13.4. The predicted molar refractivity (Wildman–Crippen MR) is 125 cm³/mol. The van der Waals surface area contributed by atoms with E-state index in [1.165, 1.54) is 22.9 Å². The van der Waals surface area contributed by atoms with Gasteiger partial charge in [0.1, 0.15) is 0 Å². The number of carbonyl (C=O) groups excluding carboxylic acids is 1. The van der Waals surface area contributed by atoms with Crippen molar-refractivity contribution in [2.75, 3.05) is 0 Å². The molecule has 0 bridgehead atoms. The van der Waals surface area contributed by atoms with E-state index < -0.39 is 0 Å². The number of benzene rings is 3. The normalized spacial score (nSPS) is 11.5. The highest BCUT2D eigenvalue weighted by atomic mass is 79.9. The Balaban J connectivity index is 1.95.